The van der Waals surface area contributed by atoms with Gasteiger partial charge in [-0.25, -0.2) is 4.98 Å². The van der Waals surface area contributed by atoms with E-state index in [-0.39, 0.29) is 22.4 Å². The first-order valence-electron chi connectivity index (χ1n) is 8.30. The Hall–Kier alpha value is -2.81. The summed E-state index contributed by atoms with van der Waals surface area (Å²) in [5.74, 6) is -0.804. The van der Waals surface area contributed by atoms with Crippen molar-refractivity contribution < 1.29 is 27.5 Å². The number of pyridine rings is 1. The van der Waals surface area contributed by atoms with Crippen LogP contribution in [0.4, 0.5) is 24.5 Å². The van der Waals surface area contributed by atoms with E-state index in [0.29, 0.717) is 24.3 Å². The number of carbonyl (C=O) groups is 2. The van der Waals surface area contributed by atoms with E-state index in [0.717, 1.165) is 12.6 Å². The summed E-state index contributed by atoms with van der Waals surface area (Å²) in [6.45, 7) is -0.875. The molecule has 2 heterocycles. The first-order chi connectivity index (χ1) is 13.2. The van der Waals surface area contributed by atoms with Crippen LogP contribution in [0.25, 0.3) is 0 Å². The van der Waals surface area contributed by atoms with Gasteiger partial charge in [0.1, 0.15) is 0 Å². The van der Waals surface area contributed by atoms with Crippen molar-refractivity contribution in [2.24, 2.45) is 0 Å². The van der Waals surface area contributed by atoms with Gasteiger partial charge in [0, 0.05) is 30.9 Å². The summed E-state index contributed by atoms with van der Waals surface area (Å²) in [4.78, 5) is 29.6. The highest BCUT2D eigenvalue weighted by Gasteiger charge is 2.28. The van der Waals surface area contributed by atoms with Gasteiger partial charge in [-0.1, -0.05) is 11.6 Å². The largest absolute Gasteiger partial charge is 0.468 e. The van der Waals surface area contributed by atoms with Gasteiger partial charge >= 0.3 is 6.18 Å². The summed E-state index contributed by atoms with van der Waals surface area (Å²) < 4.78 is 40.9. The van der Waals surface area contributed by atoms with Crippen molar-refractivity contribution >= 4 is 34.8 Å². The normalized spacial score (nSPS) is 14.3. The number of halogens is 4. The third-order valence-corrected chi connectivity index (χ3v) is 4.30. The smallest absolute Gasteiger partial charge is 0.422 e. The molecule has 0 bridgehead atoms. The maximum atomic E-state index is 12.4. The molecule has 1 aromatic heterocycles. The van der Waals surface area contributed by atoms with Crippen LogP contribution >= 0.6 is 11.6 Å². The van der Waals surface area contributed by atoms with Crippen LogP contribution in [0.5, 0.6) is 5.88 Å². The monoisotopic (exact) mass is 413 g/mol. The number of hydrogen-bond acceptors (Lipinski definition) is 4. The van der Waals surface area contributed by atoms with Crippen LogP contribution < -0.4 is 15.0 Å². The minimum Gasteiger partial charge on any atom is -0.468 e. The first kappa shape index (κ1) is 19.9. The lowest BCUT2D eigenvalue weighted by Gasteiger charge is -2.17. The van der Waals surface area contributed by atoms with Crippen LogP contribution in [0.3, 0.4) is 0 Å². The number of anilines is 2. The Morgan fingerprint density at radius 2 is 2.07 bits per heavy atom. The molecule has 0 spiro atoms. The summed E-state index contributed by atoms with van der Waals surface area (Å²) in [7, 11) is 0. The van der Waals surface area contributed by atoms with Gasteiger partial charge in [0.25, 0.3) is 5.91 Å². The fraction of sp³-hybridized carbons (Fsp3) is 0.278. The highest BCUT2D eigenvalue weighted by molar-refractivity contribution is 6.34. The van der Waals surface area contributed by atoms with Gasteiger partial charge in [-0.3, -0.25) is 9.59 Å². The second-order valence-corrected chi connectivity index (χ2v) is 6.46. The van der Waals surface area contributed by atoms with Gasteiger partial charge < -0.3 is 15.0 Å². The number of hydrogen-bond donors (Lipinski definition) is 1. The van der Waals surface area contributed by atoms with E-state index in [1.807, 2.05) is 0 Å². The average molecular weight is 414 g/mol. The molecule has 28 heavy (non-hydrogen) atoms. The zero-order valence-corrected chi connectivity index (χ0v) is 15.2. The Morgan fingerprint density at radius 3 is 2.68 bits per heavy atom. The van der Waals surface area contributed by atoms with Crippen LogP contribution in [0.1, 0.15) is 23.2 Å². The van der Waals surface area contributed by atoms with Crippen molar-refractivity contribution in [1.82, 2.24) is 4.98 Å². The summed E-state index contributed by atoms with van der Waals surface area (Å²) in [6, 6.07) is 7.31. The standard InChI is InChI=1S/C18H15ClF3N3O3/c19-13-5-4-12(25-7-1-2-16(25)26)8-14(13)24-17(27)11-3-6-15(23-9-11)28-10-18(20,21)22/h3-6,8-9H,1-2,7,10H2,(H,24,27). The molecule has 0 saturated carbocycles. The summed E-state index contributed by atoms with van der Waals surface area (Å²) in [5, 5.41) is 2.89. The maximum absolute atomic E-state index is 12.4. The van der Waals surface area contributed by atoms with Crippen molar-refractivity contribution in [3.8, 4) is 5.88 Å². The van der Waals surface area contributed by atoms with Crippen molar-refractivity contribution in [2.45, 2.75) is 19.0 Å². The van der Waals surface area contributed by atoms with Gasteiger partial charge in [-0.2, -0.15) is 13.2 Å². The van der Waals surface area contributed by atoms with Gasteiger partial charge in [0.2, 0.25) is 11.8 Å². The molecule has 1 saturated heterocycles. The minimum absolute atomic E-state index is 0.00163. The van der Waals surface area contributed by atoms with Crippen LogP contribution in [0, 0.1) is 0 Å². The maximum Gasteiger partial charge on any atom is 0.422 e. The number of carbonyl (C=O) groups excluding carboxylic acids is 2. The number of amides is 2. The molecule has 1 N–H and O–H groups in total. The number of alkyl halides is 3. The zero-order valence-electron chi connectivity index (χ0n) is 14.4. The fourth-order valence-electron chi connectivity index (χ4n) is 2.65. The number of aromatic nitrogens is 1. The van der Waals surface area contributed by atoms with Crippen molar-refractivity contribution in [3.05, 3.63) is 47.1 Å². The second kappa shape index (κ2) is 8.05. The highest BCUT2D eigenvalue weighted by Crippen LogP contribution is 2.30. The van der Waals surface area contributed by atoms with E-state index in [1.54, 1.807) is 23.1 Å². The summed E-state index contributed by atoms with van der Waals surface area (Å²) in [5.41, 5.74) is 1.04. The SMILES string of the molecule is O=C(Nc1cc(N2CCCC2=O)ccc1Cl)c1ccc(OCC(F)(F)F)nc1. The predicted octanol–water partition coefficient (Wildman–Crippen LogP) is 4.06. The van der Waals surface area contributed by atoms with E-state index >= 15 is 0 Å². The molecule has 1 aliphatic rings. The molecule has 2 amide bonds. The van der Waals surface area contributed by atoms with E-state index in [4.69, 9.17) is 11.6 Å². The molecule has 0 aliphatic carbocycles. The molecule has 0 unspecified atom stereocenters. The number of benzene rings is 1. The third kappa shape index (κ3) is 4.92. The van der Waals surface area contributed by atoms with Crippen molar-refractivity contribution in [3.63, 3.8) is 0 Å². The molecule has 2 aromatic rings. The Balaban J connectivity index is 1.69. The lowest BCUT2D eigenvalue weighted by atomic mass is 10.2. The number of nitrogens with one attached hydrogen (secondary N) is 1. The lowest BCUT2D eigenvalue weighted by Crippen LogP contribution is -2.23. The second-order valence-electron chi connectivity index (χ2n) is 6.06. The topological polar surface area (TPSA) is 71.5 Å². The molecule has 0 atom stereocenters. The van der Waals surface area contributed by atoms with E-state index in [9.17, 15) is 22.8 Å². The minimum atomic E-state index is -4.48. The Kier molecular flexibility index (Phi) is 5.73. The van der Waals surface area contributed by atoms with Gasteiger partial charge in [0.05, 0.1) is 16.3 Å². The van der Waals surface area contributed by atoms with Gasteiger partial charge in [-0.15, -0.1) is 0 Å². The lowest BCUT2D eigenvalue weighted by molar-refractivity contribution is -0.154. The zero-order chi connectivity index (χ0) is 20.3. The first-order valence-corrected chi connectivity index (χ1v) is 8.67. The molecule has 0 radical (unpaired) electrons. The number of ether oxygens (including phenoxy) is 1. The number of rotatable bonds is 5. The van der Waals surface area contributed by atoms with Crippen LogP contribution in [0.2, 0.25) is 5.02 Å². The van der Waals surface area contributed by atoms with Crippen LogP contribution in [0.15, 0.2) is 36.5 Å². The van der Waals surface area contributed by atoms with E-state index in [1.165, 1.54) is 12.1 Å². The Morgan fingerprint density at radius 1 is 1.29 bits per heavy atom. The molecule has 1 aliphatic heterocycles. The van der Waals surface area contributed by atoms with Crippen LogP contribution in [-0.2, 0) is 4.79 Å². The Bertz CT molecular complexity index is 888. The van der Waals surface area contributed by atoms with Crippen molar-refractivity contribution in [2.75, 3.05) is 23.4 Å². The molecular weight excluding hydrogens is 399 g/mol. The van der Waals surface area contributed by atoms with E-state index < -0.39 is 18.7 Å². The summed E-state index contributed by atoms with van der Waals surface area (Å²) in [6.07, 6.45) is -2.14. The van der Waals surface area contributed by atoms with Crippen molar-refractivity contribution in [1.29, 1.82) is 0 Å². The fourth-order valence-corrected chi connectivity index (χ4v) is 2.81. The summed E-state index contributed by atoms with van der Waals surface area (Å²) >= 11 is 6.12. The molecule has 3 rings (SSSR count). The molecule has 1 aromatic carbocycles. The highest BCUT2D eigenvalue weighted by atomic mass is 35.5. The molecule has 6 nitrogen and oxygen atoms in total. The molecule has 10 heteroatoms. The quantitative estimate of drug-likeness (QED) is 0.802. The molecule has 1 fully saturated rings. The third-order valence-electron chi connectivity index (χ3n) is 3.97. The molecule has 148 valence electrons. The molecular formula is C18H15ClF3N3O3. The predicted molar refractivity (Wildman–Crippen MR) is 96.8 cm³/mol. The number of nitrogens with zero attached hydrogens (tertiary/aromatic N) is 2. The van der Waals surface area contributed by atoms with Crippen LogP contribution in [-0.4, -0.2) is 36.1 Å². The van der Waals surface area contributed by atoms with Gasteiger partial charge in [-0.05, 0) is 30.7 Å². The Labute approximate surface area is 163 Å². The average Bonchev–Trinajstić information content (AvgIpc) is 3.07. The van der Waals surface area contributed by atoms with Gasteiger partial charge in [0.15, 0.2) is 6.61 Å². The van der Waals surface area contributed by atoms with E-state index in [2.05, 4.69) is 15.0 Å².